The van der Waals surface area contributed by atoms with Gasteiger partial charge in [-0.25, -0.2) is 0 Å². The van der Waals surface area contributed by atoms with Crippen molar-refractivity contribution in [2.75, 3.05) is 6.61 Å². The first-order valence-electron chi connectivity index (χ1n) is 22.5. The molecule has 0 spiro atoms. The van der Waals surface area contributed by atoms with E-state index in [2.05, 4.69) is 195 Å². The maximum absolute atomic E-state index is 11.2. The Balaban J connectivity index is 1.03. The third kappa shape index (κ3) is 6.56. The number of aliphatic hydroxyl groups is 1. The largest absolute Gasteiger partial charge is 0.403 e. The smallest absolute Gasteiger partial charge is 0.288 e. The molecule has 4 aliphatic rings. The van der Waals surface area contributed by atoms with Gasteiger partial charge in [-0.1, -0.05) is 201 Å². The molecule has 0 aromatic heterocycles. The topological polar surface area (TPSA) is 38.7 Å². The van der Waals surface area contributed by atoms with Crippen LogP contribution in [0.1, 0.15) is 58.3 Å². The van der Waals surface area contributed by atoms with E-state index in [0.29, 0.717) is 24.4 Å². The lowest BCUT2D eigenvalue weighted by atomic mass is 9.47. The Hall–Kier alpha value is -4.63. The number of hydrogen-bond donors (Lipinski definition) is 1. The fourth-order valence-electron chi connectivity index (χ4n) is 12.9. The van der Waals surface area contributed by atoms with Gasteiger partial charge in [0.05, 0.1) is 12.2 Å². The number of fused-ring (bicyclic) bond motifs is 5. The van der Waals surface area contributed by atoms with E-state index in [1.807, 2.05) is 0 Å². The third-order valence-electron chi connectivity index (χ3n) is 15.7. The molecule has 0 unspecified atom stereocenters. The van der Waals surface area contributed by atoms with Gasteiger partial charge in [0.1, 0.15) is 0 Å². The van der Waals surface area contributed by atoms with Crippen LogP contribution in [0.5, 0.6) is 0 Å². The molecule has 3 fully saturated rings. The molecule has 3 saturated carbocycles. The summed E-state index contributed by atoms with van der Waals surface area (Å²) in [5.74, 6) is 1.64. The Morgan fingerprint density at radius 2 is 0.933 bits per heavy atom. The second-order valence-corrected chi connectivity index (χ2v) is 25.2. The van der Waals surface area contributed by atoms with Crippen molar-refractivity contribution in [3.63, 3.8) is 0 Å². The summed E-state index contributed by atoms with van der Waals surface area (Å²) >= 11 is 0. The van der Waals surface area contributed by atoms with E-state index in [1.165, 1.54) is 49.5 Å². The van der Waals surface area contributed by atoms with Crippen LogP contribution in [-0.4, -0.2) is 40.6 Å². The minimum atomic E-state index is -2.94. The number of hydrogen-bond acceptors (Lipinski definition) is 3. The van der Waals surface area contributed by atoms with Gasteiger partial charge < -0.3 is 14.0 Å². The van der Waals surface area contributed by atoms with Crippen molar-refractivity contribution in [3.05, 3.63) is 194 Å². The summed E-state index contributed by atoms with van der Waals surface area (Å²) in [5.41, 5.74) is 1.40. The van der Waals surface area contributed by atoms with Gasteiger partial charge in [0.25, 0.3) is 16.6 Å². The molecule has 0 saturated heterocycles. The highest BCUT2D eigenvalue weighted by Crippen LogP contribution is 2.66. The van der Waals surface area contributed by atoms with Crippen molar-refractivity contribution in [1.29, 1.82) is 0 Å². The Bertz CT molecular complexity index is 2180. The minimum Gasteiger partial charge on any atom is -0.403 e. The molecule has 60 heavy (non-hydrogen) atoms. The third-order valence-corrected chi connectivity index (χ3v) is 23.8. The fraction of sp³-hybridized carbons (Fsp3) is 0.309. The minimum absolute atomic E-state index is 0.0613. The molecule has 0 radical (unpaired) electrons. The SMILES string of the molecule is C[C@]12CC[C@H]3[C@@H](CCC4=C[C@@H](O)CC[C@@]43CO[Si](c3ccccc3)(c3ccccc3)c3ccccc3)[C@@H]1CC[C@@H]2O[Si](c1ccccc1)(c1ccccc1)c1ccccc1. The summed E-state index contributed by atoms with van der Waals surface area (Å²) < 4.78 is 16.0. The molecule has 0 heterocycles. The predicted octanol–water partition coefficient (Wildman–Crippen LogP) is 8.03. The van der Waals surface area contributed by atoms with E-state index >= 15 is 0 Å². The first-order chi connectivity index (χ1) is 29.5. The number of benzene rings is 6. The maximum atomic E-state index is 11.2. The molecule has 1 N–H and O–H groups in total. The summed E-state index contributed by atoms with van der Waals surface area (Å²) in [6, 6.07) is 66.6. The standard InChI is InChI=1S/C55H58O3Si2/c1-54-38-37-52-50(51(54)34-35-53(54)58-60(47-26-14-5-15-27-47,48-28-16-6-17-29-48)49-30-18-7-19-31-49)33-32-42-40-43(56)36-39-55(42,52)41-57-59(44-20-8-2-9-21-44,45-22-10-3-11-23-45)46-24-12-4-13-25-46/h2-31,40,43,50-53,56H,32-39,41H2,1H3/t43-,50-,51-,52-,53-,54-,55+/m0/s1. The molecule has 3 nitrogen and oxygen atoms in total. The van der Waals surface area contributed by atoms with Crippen molar-refractivity contribution in [1.82, 2.24) is 0 Å². The first-order valence-corrected chi connectivity index (χ1v) is 26.3. The highest BCUT2D eigenvalue weighted by Gasteiger charge is 2.62. The highest BCUT2D eigenvalue weighted by atomic mass is 28.4. The van der Waals surface area contributed by atoms with Crippen LogP contribution >= 0.6 is 0 Å². The van der Waals surface area contributed by atoms with Crippen LogP contribution in [0.4, 0.5) is 0 Å². The van der Waals surface area contributed by atoms with Gasteiger partial charge in [0.15, 0.2) is 0 Å². The zero-order valence-corrected chi connectivity index (χ0v) is 36.9. The molecule has 10 rings (SSSR count). The van der Waals surface area contributed by atoms with Crippen molar-refractivity contribution in [2.24, 2.45) is 28.6 Å². The van der Waals surface area contributed by atoms with Gasteiger partial charge in [-0.15, -0.1) is 0 Å². The van der Waals surface area contributed by atoms with E-state index in [9.17, 15) is 5.11 Å². The van der Waals surface area contributed by atoms with E-state index in [4.69, 9.17) is 8.85 Å². The van der Waals surface area contributed by atoms with Gasteiger partial charge >= 0.3 is 0 Å². The molecule has 5 heteroatoms. The summed E-state index contributed by atoms with van der Waals surface area (Å²) in [7, 11) is -5.83. The van der Waals surface area contributed by atoms with Gasteiger partial charge in [-0.3, -0.25) is 0 Å². The molecular formula is C55H58O3Si2. The van der Waals surface area contributed by atoms with E-state index < -0.39 is 16.6 Å². The van der Waals surface area contributed by atoms with Crippen LogP contribution in [0.15, 0.2) is 194 Å². The molecule has 0 bridgehead atoms. The molecule has 0 aliphatic heterocycles. The molecule has 6 aromatic rings. The monoisotopic (exact) mass is 822 g/mol. The Kier molecular flexibility index (Phi) is 10.8. The molecule has 6 aromatic carbocycles. The van der Waals surface area contributed by atoms with Crippen molar-refractivity contribution in [3.8, 4) is 0 Å². The molecular weight excluding hydrogens is 765 g/mol. The van der Waals surface area contributed by atoms with Gasteiger partial charge in [0.2, 0.25) is 0 Å². The lowest BCUT2D eigenvalue weighted by Gasteiger charge is -2.60. The van der Waals surface area contributed by atoms with Gasteiger partial charge in [-0.2, -0.15) is 0 Å². The van der Waals surface area contributed by atoms with Gasteiger partial charge in [-0.05, 0) is 106 Å². The average Bonchev–Trinajstić information content (AvgIpc) is 3.65. The first kappa shape index (κ1) is 39.5. The molecule has 4 aliphatic carbocycles. The average molecular weight is 823 g/mol. The number of rotatable bonds is 11. The number of aliphatic hydroxyl groups excluding tert-OH is 1. The van der Waals surface area contributed by atoms with Crippen LogP contribution in [0, 0.1) is 28.6 Å². The Morgan fingerprint density at radius 3 is 1.38 bits per heavy atom. The normalized spacial score (nSPS) is 27.6. The quantitative estimate of drug-likeness (QED) is 0.0818. The van der Waals surface area contributed by atoms with Crippen molar-refractivity contribution >= 4 is 47.8 Å². The predicted molar refractivity (Wildman–Crippen MR) is 251 cm³/mol. The summed E-state index contributed by atoms with van der Waals surface area (Å²) in [6.07, 6.45) is 10.6. The van der Waals surface area contributed by atoms with Crippen LogP contribution in [0.2, 0.25) is 0 Å². The van der Waals surface area contributed by atoms with Crippen LogP contribution < -0.4 is 31.1 Å². The van der Waals surface area contributed by atoms with E-state index in [1.54, 1.807) is 0 Å². The summed E-state index contributed by atoms with van der Waals surface area (Å²) in [5, 5.41) is 19.0. The van der Waals surface area contributed by atoms with Gasteiger partial charge in [0, 0.05) is 12.0 Å². The fourth-order valence-corrected chi connectivity index (χ4v) is 21.0. The van der Waals surface area contributed by atoms with Crippen LogP contribution in [0.3, 0.4) is 0 Å². The Labute approximate surface area is 359 Å². The lowest BCUT2D eigenvalue weighted by Crippen LogP contribution is -2.71. The second-order valence-electron chi connectivity index (χ2n) is 18.4. The van der Waals surface area contributed by atoms with Crippen LogP contribution in [-0.2, 0) is 8.85 Å². The molecule has 7 atom stereocenters. The van der Waals surface area contributed by atoms with Crippen LogP contribution in [0.25, 0.3) is 0 Å². The van der Waals surface area contributed by atoms with Crippen molar-refractivity contribution in [2.45, 2.75) is 70.5 Å². The Morgan fingerprint density at radius 1 is 0.500 bits per heavy atom. The molecule has 0 amide bonds. The second kappa shape index (κ2) is 16.3. The lowest BCUT2D eigenvalue weighted by molar-refractivity contribution is -0.0871. The zero-order valence-electron chi connectivity index (χ0n) is 34.9. The van der Waals surface area contributed by atoms with E-state index in [0.717, 1.165) is 38.5 Å². The molecule has 304 valence electrons. The zero-order chi connectivity index (χ0) is 40.6. The van der Waals surface area contributed by atoms with E-state index in [-0.39, 0.29) is 23.0 Å². The summed E-state index contributed by atoms with van der Waals surface area (Å²) in [4.78, 5) is 0. The summed E-state index contributed by atoms with van der Waals surface area (Å²) in [6.45, 7) is 3.27. The highest BCUT2D eigenvalue weighted by molar-refractivity contribution is 7.07. The maximum Gasteiger partial charge on any atom is 0.288 e. The van der Waals surface area contributed by atoms with Crippen molar-refractivity contribution < 1.29 is 14.0 Å².